The maximum Gasteiger partial charge on any atom is 0.141 e. The van der Waals surface area contributed by atoms with Crippen LogP contribution < -0.4 is 5.73 Å². The molecule has 5 nitrogen and oxygen atoms in total. The molecule has 1 aliphatic heterocycles. The van der Waals surface area contributed by atoms with Crippen molar-refractivity contribution < 1.29 is 9.47 Å². The molecule has 1 aromatic rings. The number of amidine groups is 1. The first-order chi connectivity index (χ1) is 8.25. The van der Waals surface area contributed by atoms with Crippen molar-refractivity contribution in [1.82, 2.24) is 4.98 Å². The molecule has 0 amide bonds. The van der Waals surface area contributed by atoms with Crippen LogP contribution in [-0.2, 0) is 16.1 Å². The standard InChI is InChI=1S/C12H17N3O2/c13-12(14)11-6-9(3-4-15-11)7-16-8-10-2-1-5-17-10/h3-4,6,10H,1-2,5,7-8H2,(H3,13,14). The highest BCUT2D eigenvalue weighted by molar-refractivity contribution is 5.93. The molecule has 0 aromatic carbocycles. The molecule has 1 unspecified atom stereocenters. The Bertz CT molecular complexity index is 389. The number of nitrogen functional groups attached to an aromatic ring is 1. The zero-order chi connectivity index (χ0) is 12.1. The number of pyridine rings is 1. The minimum absolute atomic E-state index is 0.0222. The van der Waals surface area contributed by atoms with Gasteiger partial charge in [0.05, 0.1) is 19.3 Å². The maximum absolute atomic E-state index is 7.30. The molecular weight excluding hydrogens is 218 g/mol. The molecule has 0 aliphatic carbocycles. The van der Waals surface area contributed by atoms with Crippen LogP contribution in [0.1, 0.15) is 24.1 Å². The van der Waals surface area contributed by atoms with Crippen LogP contribution in [-0.4, -0.2) is 30.1 Å². The third-order valence-electron chi connectivity index (χ3n) is 2.70. The molecule has 2 heterocycles. The van der Waals surface area contributed by atoms with Gasteiger partial charge in [0, 0.05) is 12.8 Å². The predicted octanol–water partition coefficient (Wildman–Crippen LogP) is 1.06. The molecule has 1 aromatic heterocycles. The Morgan fingerprint density at radius 1 is 1.65 bits per heavy atom. The average Bonchev–Trinajstić information content (AvgIpc) is 2.82. The van der Waals surface area contributed by atoms with Crippen molar-refractivity contribution in [2.45, 2.75) is 25.6 Å². The second-order valence-electron chi connectivity index (χ2n) is 4.11. The summed E-state index contributed by atoms with van der Waals surface area (Å²) < 4.78 is 11.0. The summed E-state index contributed by atoms with van der Waals surface area (Å²) in [5.74, 6) is -0.0222. The quantitative estimate of drug-likeness (QED) is 0.590. The molecule has 0 spiro atoms. The molecule has 1 fully saturated rings. The third kappa shape index (κ3) is 3.51. The van der Waals surface area contributed by atoms with Crippen LogP contribution in [0, 0.1) is 5.41 Å². The normalized spacial score (nSPS) is 19.4. The average molecular weight is 235 g/mol. The lowest BCUT2D eigenvalue weighted by Gasteiger charge is -2.10. The fourth-order valence-corrected chi connectivity index (χ4v) is 1.80. The highest BCUT2D eigenvalue weighted by Crippen LogP contribution is 2.13. The van der Waals surface area contributed by atoms with Crippen LogP contribution in [0.25, 0.3) is 0 Å². The van der Waals surface area contributed by atoms with Gasteiger partial charge >= 0.3 is 0 Å². The number of nitrogens with one attached hydrogen (secondary N) is 1. The van der Waals surface area contributed by atoms with Gasteiger partial charge in [0.15, 0.2) is 0 Å². The molecule has 1 saturated heterocycles. The molecule has 92 valence electrons. The van der Waals surface area contributed by atoms with E-state index in [-0.39, 0.29) is 11.9 Å². The monoisotopic (exact) mass is 235 g/mol. The van der Waals surface area contributed by atoms with E-state index in [9.17, 15) is 0 Å². The second kappa shape index (κ2) is 5.75. The van der Waals surface area contributed by atoms with Gasteiger partial charge in [0.25, 0.3) is 0 Å². The molecule has 1 atom stereocenters. The van der Waals surface area contributed by atoms with Crippen molar-refractivity contribution >= 4 is 5.84 Å². The van der Waals surface area contributed by atoms with Gasteiger partial charge < -0.3 is 15.2 Å². The van der Waals surface area contributed by atoms with Crippen molar-refractivity contribution in [1.29, 1.82) is 5.41 Å². The number of nitrogens with zero attached hydrogens (tertiary/aromatic N) is 1. The molecule has 17 heavy (non-hydrogen) atoms. The van der Waals surface area contributed by atoms with Gasteiger partial charge in [0.1, 0.15) is 11.5 Å². The number of aromatic nitrogens is 1. The third-order valence-corrected chi connectivity index (χ3v) is 2.70. The van der Waals surface area contributed by atoms with Crippen LogP contribution in [0.15, 0.2) is 18.3 Å². The van der Waals surface area contributed by atoms with Crippen molar-refractivity contribution in [3.63, 3.8) is 0 Å². The zero-order valence-electron chi connectivity index (χ0n) is 9.69. The van der Waals surface area contributed by atoms with E-state index in [2.05, 4.69) is 4.98 Å². The van der Waals surface area contributed by atoms with Gasteiger partial charge in [0.2, 0.25) is 0 Å². The Balaban J connectivity index is 1.81. The lowest BCUT2D eigenvalue weighted by molar-refractivity contribution is 0.0106. The van der Waals surface area contributed by atoms with Crippen LogP contribution >= 0.6 is 0 Å². The van der Waals surface area contributed by atoms with Crippen molar-refractivity contribution in [3.05, 3.63) is 29.6 Å². The molecular formula is C12H17N3O2. The Labute approximate surface area is 100 Å². The summed E-state index contributed by atoms with van der Waals surface area (Å²) in [7, 11) is 0. The maximum atomic E-state index is 7.30. The molecule has 0 radical (unpaired) electrons. The van der Waals surface area contributed by atoms with Crippen LogP contribution in [0.4, 0.5) is 0 Å². The minimum atomic E-state index is -0.0222. The van der Waals surface area contributed by atoms with E-state index in [0.717, 1.165) is 25.0 Å². The summed E-state index contributed by atoms with van der Waals surface area (Å²) in [6.45, 7) is 1.97. The Hall–Kier alpha value is -1.46. The van der Waals surface area contributed by atoms with Gasteiger partial charge in [-0.15, -0.1) is 0 Å². The van der Waals surface area contributed by atoms with Gasteiger partial charge in [-0.2, -0.15) is 0 Å². The SMILES string of the molecule is N=C(N)c1cc(COCC2CCCO2)ccn1. The lowest BCUT2D eigenvalue weighted by atomic mass is 10.2. The van der Waals surface area contributed by atoms with Gasteiger partial charge in [-0.25, -0.2) is 0 Å². The Morgan fingerprint density at radius 3 is 3.24 bits per heavy atom. The molecule has 1 aliphatic rings. The first-order valence-corrected chi connectivity index (χ1v) is 5.74. The fourth-order valence-electron chi connectivity index (χ4n) is 1.80. The first kappa shape index (κ1) is 12.0. The second-order valence-corrected chi connectivity index (χ2v) is 4.11. The smallest absolute Gasteiger partial charge is 0.141 e. The number of ether oxygens (including phenoxy) is 2. The van der Waals surface area contributed by atoms with Crippen LogP contribution in [0.2, 0.25) is 0 Å². The largest absolute Gasteiger partial charge is 0.382 e. The highest BCUT2D eigenvalue weighted by atomic mass is 16.5. The fraction of sp³-hybridized carbons (Fsp3) is 0.500. The number of hydrogen-bond acceptors (Lipinski definition) is 4. The van der Waals surface area contributed by atoms with E-state index in [1.54, 1.807) is 12.3 Å². The van der Waals surface area contributed by atoms with E-state index in [1.807, 2.05) is 6.07 Å². The molecule has 5 heteroatoms. The topological polar surface area (TPSA) is 81.2 Å². The molecule has 0 bridgehead atoms. The predicted molar refractivity (Wildman–Crippen MR) is 63.9 cm³/mol. The van der Waals surface area contributed by atoms with Crippen LogP contribution in [0.5, 0.6) is 0 Å². The summed E-state index contributed by atoms with van der Waals surface area (Å²) in [6, 6.07) is 3.64. The molecule has 2 rings (SSSR count). The summed E-state index contributed by atoms with van der Waals surface area (Å²) >= 11 is 0. The van der Waals surface area contributed by atoms with Gasteiger partial charge in [-0.3, -0.25) is 10.4 Å². The van der Waals surface area contributed by atoms with E-state index >= 15 is 0 Å². The Kier molecular flexibility index (Phi) is 4.06. The van der Waals surface area contributed by atoms with E-state index in [4.69, 9.17) is 20.6 Å². The minimum Gasteiger partial charge on any atom is -0.382 e. The van der Waals surface area contributed by atoms with E-state index < -0.39 is 0 Å². The summed E-state index contributed by atoms with van der Waals surface area (Å²) in [4.78, 5) is 3.99. The summed E-state index contributed by atoms with van der Waals surface area (Å²) in [5.41, 5.74) is 6.84. The van der Waals surface area contributed by atoms with Crippen LogP contribution in [0.3, 0.4) is 0 Å². The van der Waals surface area contributed by atoms with Crippen molar-refractivity contribution in [2.75, 3.05) is 13.2 Å². The van der Waals surface area contributed by atoms with E-state index in [1.165, 1.54) is 0 Å². The summed E-state index contributed by atoms with van der Waals surface area (Å²) in [6.07, 6.45) is 4.08. The summed E-state index contributed by atoms with van der Waals surface area (Å²) in [5, 5.41) is 7.30. The highest BCUT2D eigenvalue weighted by Gasteiger charge is 2.15. The molecule has 3 N–H and O–H groups in total. The number of nitrogens with two attached hydrogens (primary N) is 1. The van der Waals surface area contributed by atoms with E-state index in [0.29, 0.717) is 18.9 Å². The van der Waals surface area contributed by atoms with Crippen molar-refractivity contribution in [2.24, 2.45) is 5.73 Å². The van der Waals surface area contributed by atoms with Gasteiger partial charge in [-0.1, -0.05) is 0 Å². The lowest BCUT2D eigenvalue weighted by Crippen LogP contribution is -2.15. The zero-order valence-corrected chi connectivity index (χ0v) is 9.69. The van der Waals surface area contributed by atoms with Crippen molar-refractivity contribution in [3.8, 4) is 0 Å². The molecule has 0 saturated carbocycles. The van der Waals surface area contributed by atoms with Gasteiger partial charge in [-0.05, 0) is 30.5 Å². The Morgan fingerprint density at radius 2 is 2.53 bits per heavy atom. The number of rotatable bonds is 5. The number of hydrogen-bond donors (Lipinski definition) is 2. The first-order valence-electron chi connectivity index (χ1n) is 5.74.